The van der Waals surface area contributed by atoms with Gasteiger partial charge in [-0.05, 0) is 78.9 Å². The van der Waals surface area contributed by atoms with Gasteiger partial charge in [-0.2, -0.15) is 0 Å². The fourth-order valence-electron chi connectivity index (χ4n) is 5.31. The van der Waals surface area contributed by atoms with E-state index in [0.717, 1.165) is 60.5 Å². The molecule has 33 heavy (non-hydrogen) atoms. The Hall–Kier alpha value is -2.96. The van der Waals surface area contributed by atoms with Crippen LogP contribution in [-0.2, 0) is 16.7 Å². The third-order valence-electron chi connectivity index (χ3n) is 6.82. The Morgan fingerprint density at radius 1 is 0.909 bits per heavy atom. The molecular formula is C27H27F2NO3. The Morgan fingerprint density at radius 3 is 2.18 bits per heavy atom. The van der Waals surface area contributed by atoms with E-state index in [1.807, 2.05) is 36.4 Å². The average Bonchev–Trinajstić information content (AvgIpc) is 3.31. The summed E-state index contributed by atoms with van der Waals surface area (Å²) in [7, 11) is 1.72. The zero-order valence-corrected chi connectivity index (χ0v) is 18.6. The molecule has 4 nitrogen and oxygen atoms in total. The van der Waals surface area contributed by atoms with Crippen molar-refractivity contribution in [2.75, 3.05) is 27.0 Å². The summed E-state index contributed by atoms with van der Waals surface area (Å²) in [5.41, 5.74) is 2.36. The quantitative estimate of drug-likeness (QED) is 0.510. The number of hydrogen-bond donors (Lipinski definition) is 0. The number of ether oxygens (including phenoxy) is 3. The third-order valence-corrected chi connectivity index (χ3v) is 6.82. The highest BCUT2D eigenvalue weighted by Crippen LogP contribution is 2.45. The monoisotopic (exact) mass is 451 g/mol. The number of rotatable bonds is 6. The fraction of sp³-hybridized carbons (Fsp3) is 0.333. The van der Waals surface area contributed by atoms with E-state index in [1.54, 1.807) is 7.11 Å². The fourth-order valence-corrected chi connectivity index (χ4v) is 5.31. The molecule has 0 aromatic heterocycles. The number of halogens is 2. The highest BCUT2D eigenvalue weighted by molar-refractivity contribution is 5.45. The van der Waals surface area contributed by atoms with Crippen molar-refractivity contribution in [1.29, 1.82) is 0 Å². The minimum absolute atomic E-state index is 0.168. The number of methoxy groups -OCH3 is 1. The molecule has 3 aromatic rings. The van der Waals surface area contributed by atoms with Crippen molar-refractivity contribution in [3.05, 3.63) is 95.1 Å². The number of fused-ring (bicyclic) bond motifs is 1. The van der Waals surface area contributed by atoms with Crippen molar-refractivity contribution >= 4 is 0 Å². The van der Waals surface area contributed by atoms with E-state index < -0.39 is 5.54 Å². The van der Waals surface area contributed by atoms with Crippen molar-refractivity contribution in [3.8, 4) is 11.5 Å². The van der Waals surface area contributed by atoms with Gasteiger partial charge in [0, 0.05) is 13.7 Å². The molecule has 2 aliphatic heterocycles. The summed E-state index contributed by atoms with van der Waals surface area (Å²) < 4.78 is 44.8. The van der Waals surface area contributed by atoms with E-state index in [-0.39, 0.29) is 24.5 Å². The van der Waals surface area contributed by atoms with Gasteiger partial charge < -0.3 is 14.2 Å². The summed E-state index contributed by atoms with van der Waals surface area (Å²) in [4.78, 5) is 2.40. The van der Waals surface area contributed by atoms with Crippen LogP contribution in [0.15, 0.2) is 66.7 Å². The van der Waals surface area contributed by atoms with Crippen LogP contribution in [0.4, 0.5) is 8.78 Å². The lowest BCUT2D eigenvalue weighted by molar-refractivity contribution is -0.0672. The van der Waals surface area contributed by atoms with E-state index in [4.69, 9.17) is 14.2 Å². The zero-order valence-electron chi connectivity index (χ0n) is 18.6. The number of likely N-dealkylation sites (tertiary alicyclic amines) is 1. The van der Waals surface area contributed by atoms with Gasteiger partial charge in [0.1, 0.15) is 11.6 Å². The van der Waals surface area contributed by atoms with Crippen LogP contribution in [0.3, 0.4) is 0 Å². The Labute approximate surface area is 192 Å². The van der Waals surface area contributed by atoms with Crippen molar-refractivity contribution in [3.63, 3.8) is 0 Å². The first kappa shape index (κ1) is 21.9. The molecule has 1 atom stereocenters. The van der Waals surface area contributed by atoms with Crippen molar-refractivity contribution in [2.24, 2.45) is 0 Å². The van der Waals surface area contributed by atoms with Crippen LogP contribution >= 0.6 is 0 Å². The summed E-state index contributed by atoms with van der Waals surface area (Å²) in [6, 6.07) is 19.3. The summed E-state index contributed by atoms with van der Waals surface area (Å²) in [5, 5.41) is 0. The van der Waals surface area contributed by atoms with Crippen LogP contribution in [0.5, 0.6) is 11.5 Å². The molecule has 0 aliphatic carbocycles. The molecule has 0 bridgehead atoms. The van der Waals surface area contributed by atoms with Crippen LogP contribution in [0.25, 0.3) is 0 Å². The van der Waals surface area contributed by atoms with Gasteiger partial charge in [-0.15, -0.1) is 0 Å². The number of piperidine rings is 1. The minimum Gasteiger partial charge on any atom is -0.454 e. The van der Waals surface area contributed by atoms with E-state index in [0.29, 0.717) is 0 Å². The molecule has 0 N–H and O–H groups in total. The van der Waals surface area contributed by atoms with Gasteiger partial charge in [0.05, 0.1) is 11.6 Å². The summed E-state index contributed by atoms with van der Waals surface area (Å²) in [6.45, 7) is 1.84. The molecule has 1 saturated heterocycles. The Morgan fingerprint density at radius 2 is 1.55 bits per heavy atom. The number of hydrogen-bond acceptors (Lipinski definition) is 4. The molecular weight excluding hydrogens is 424 g/mol. The van der Waals surface area contributed by atoms with E-state index in [9.17, 15) is 8.78 Å². The van der Waals surface area contributed by atoms with Gasteiger partial charge in [-0.1, -0.05) is 30.3 Å². The maximum Gasteiger partial charge on any atom is 0.231 e. The van der Waals surface area contributed by atoms with Crippen molar-refractivity contribution in [2.45, 2.75) is 30.9 Å². The number of benzene rings is 3. The Bertz CT molecular complexity index is 1060. The van der Waals surface area contributed by atoms with Gasteiger partial charge in [-0.3, -0.25) is 4.90 Å². The maximum absolute atomic E-state index is 13.9. The lowest BCUT2D eigenvalue weighted by Gasteiger charge is -2.52. The maximum atomic E-state index is 13.9. The predicted octanol–water partition coefficient (Wildman–Crippen LogP) is 5.29. The molecule has 0 amide bonds. The van der Waals surface area contributed by atoms with Crippen LogP contribution < -0.4 is 9.47 Å². The molecule has 2 heterocycles. The van der Waals surface area contributed by atoms with Gasteiger partial charge >= 0.3 is 0 Å². The molecule has 3 aromatic carbocycles. The lowest BCUT2D eigenvalue weighted by Crippen LogP contribution is -2.59. The molecule has 0 saturated carbocycles. The standard InChI is InChI=1S/C27H27F2NO3/c1-31-26-3-2-15-30(16-14-19-4-13-24-25(17-19)33-18-32-24)27(26,20-5-9-22(28)10-6-20)21-7-11-23(29)12-8-21/h4-13,17,26H,2-3,14-16,18H2,1H3. The van der Waals surface area contributed by atoms with Crippen molar-refractivity contribution in [1.82, 2.24) is 4.90 Å². The summed E-state index contributed by atoms with van der Waals surface area (Å²) in [5.74, 6) is 0.960. The predicted molar refractivity (Wildman–Crippen MR) is 121 cm³/mol. The molecule has 1 unspecified atom stereocenters. The molecule has 2 aliphatic rings. The second kappa shape index (κ2) is 9.12. The summed E-state index contributed by atoms with van der Waals surface area (Å²) in [6.07, 6.45) is 2.45. The molecule has 172 valence electrons. The molecule has 1 fully saturated rings. The largest absolute Gasteiger partial charge is 0.454 e. The molecule has 0 spiro atoms. The first-order chi connectivity index (χ1) is 16.1. The molecule has 6 heteroatoms. The van der Waals surface area contributed by atoms with Gasteiger partial charge in [0.2, 0.25) is 6.79 Å². The average molecular weight is 452 g/mol. The van der Waals surface area contributed by atoms with E-state index >= 15 is 0 Å². The SMILES string of the molecule is COC1CCCN(CCc2ccc3c(c2)OCO3)C1(c1ccc(F)cc1)c1ccc(F)cc1. The van der Waals surface area contributed by atoms with E-state index in [2.05, 4.69) is 11.0 Å². The second-order valence-corrected chi connectivity index (χ2v) is 8.57. The zero-order chi connectivity index (χ0) is 22.8. The normalized spacial score (nSPS) is 19.5. The van der Waals surface area contributed by atoms with Gasteiger partial charge in [0.25, 0.3) is 0 Å². The summed E-state index contributed by atoms with van der Waals surface area (Å²) >= 11 is 0. The molecule has 5 rings (SSSR count). The molecule has 0 radical (unpaired) electrons. The Balaban J connectivity index is 1.56. The van der Waals surface area contributed by atoms with Crippen molar-refractivity contribution < 1.29 is 23.0 Å². The van der Waals surface area contributed by atoms with Crippen LogP contribution in [-0.4, -0.2) is 38.0 Å². The lowest BCUT2D eigenvalue weighted by atomic mass is 9.72. The van der Waals surface area contributed by atoms with Crippen LogP contribution in [0, 0.1) is 11.6 Å². The smallest absolute Gasteiger partial charge is 0.231 e. The first-order valence-corrected chi connectivity index (χ1v) is 11.3. The highest BCUT2D eigenvalue weighted by atomic mass is 19.1. The van der Waals surface area contributed by atoms with Gasteiger partial charge in [-0.25, -0.2) is 8.78 Å². The number of nitrogens with zero attached hydrogens (tertiary/aromatic N) is 1. The van der Waals surface area contributed by atoms with Crippen LogP contribution in [0.1, 0.15) is 29.5 Å². The van der Waals surface area contributed by atoms with Gasteiger partial charge in [0.15, 0.2) is 11.5 Å². The van der Waals surface area contributed by atoms with Crippen LogP contribution in [0.2, 0.25) is 0 Å². The Kier molecular flexibility index (Phi) is 6.04. The third kappa shape index (κ3) is 3.98. The second-order valence-electron chi connectivity index (χ2n) is 8.57. The topological polar surface area (TPSA) is 30.9 Å². The first-order valence-electron chi connectivity index (χ1n) is 11.3. The van der Waals surface area contributed by atoms with E-state index in [1.165, 1.54) is 24.3 Å². The highest BCUT2D eigenvalue weighted by Gasteiger charge is 2.49. The minimum atomic E-state index is -0.662.